The Labute approximate surface area is 210 Å². The quantitative estimate of drug-likeness (QED) is 0.474. The Bertz CT molecular complexity index is 1130. The molecule has 7 nitrogen and oxygen atoms in total. The zero-order valence-corrected chi connectivity index (χ0v) is 21.3. The molecular formula is C27H32N4O3S. The fourth-order valence-corrected chi connectivity index (χ4v) is 4.98. The molecule has 1 atom stereocenters. The van der Waals surface area contributed by atoms with E-state index in [1.165, 1.54) is 11.3 Å². The summed E-state index contributed by atoms with van der Waals surface area (Å²) in [6.07, 6.45) is 5.06. The van der Waals surface area contributed by atoms with Crippen LogP contribution in [0.1, 0.15) is 44.9 Å². The molecule has 0 saturated carbocycles. The lowest BCUT2D eigenvalue weighted by Gasteiger charge is -2.39. The van der Waals surface area contributed by atoms with Crippen LogP contribution in [-0.4, -0.2) is 56.5 Å². The Balaban J connectivity index is 1.51. The summed E-state index contributed by atoms with van der Waals surface area (Å²) in [6.45, 7) is 7.19. The monoisotopic (exact) mass is 492 g/mol. The van der Waals surface area contributed by atoms with Gasteiger partial charge >= 0.3 is 6.09 Å². The number of ether oxygens (including phenoxy) is 1. The Morgan fingerprint density at radius 2 is 1.97 bits per heavy atom. The molecule has 2 aromatic heterocycles. The average Bonchev–Trinajstić information content (AvgIpc) is 3.31. The second-order valence-electron chi connectivity index (χ2n) is 9.79. The normalized spacial score (nSPS) is 16.1. The first-order chi connectivity index (χ1) is 16.8. The molecule has 2 amide bonds. The molecule has 0 radical (unpaired) electrons. The lowest BCUT2D eigenvalue weighted by molar-refractivity contribution is -0.134. The number of amides is 2. The number of thiazole rings is 1. The van der Waals surface area contributed by atoms with Crippen LogP contribution in [0.15, 0.2) is 60.2 Å². The number of aromatic nitrogens is 2. The maximum absolute atomic E-state index is 13.6. The molecule has 1 saturated heterocycles. The van der Waals surface area contributed by atoms with Crippen molar-refractivity contribution in [2.45, 2.75) is 58.2 Å². The zero-order valence-electron chi connectivity index (χ0n) is 20.5. The van der Waals surface area contributed by atoms with E-state index in [2.05, 4.69) is 9.97 Å². The van der Waals surface area contributed by atoms with Gasteiger partial charge in [0.05, 0.1) is 12.1 Å². The second-order valence-corrected chi connectivity index (χ2v) is 10.7. The van der Waals surface area contributed by atoms with Crippen LogP contribution in [0, 0.1) is 0 Å². The van der Waals surface area contributed by atoms with Gasteiger partial charge in [-0.2, -0.15) is 0 Å². The first-order valence-electron chi connectivity index (χ1n) is 11.9. The Hall–Kier alpha value is -3.26. The van der Waals surface area contributed by atoms with Crippen molar-refractivity contribution in [3.8, 4) is 10.6 Å². The SMILES string of the molecule is CC(C)(C)OC(=O)N1CCCC(N(Cc2ccccc2)C(=O)Cc2csc(-c3cccnc3)n2)C1. The largest absolute Gasteiger partial charge is 0.444 e. The number of carbonyl (C=O) groups is 2. The van der Waals surface area contributed by atoms with Crippen molar-refractivity contribution < 1.29 is 14.3 Å². The fourth-order valence-electron chi connectivity index (χ4n) is 4.17. The molecular weight excluding hydrogens is 460 g/mol. The predicted molar refractivity (Wildman–Crippen MR) is 137 cm³/mol. The van der Waals surface area contributed by atoms with Crippen LogP contribution in [0.4, 0.5) is 4.79 Å². The van der Waals surface area contributed by atoms with E-state index in [0.717, 1.165) is 34.7 Å². The summed E-state index contributed by atoms with van der Waals surface area (Å²) in [4.78, 5) is 38.8. The van der Waals surface area contributed by atoms with Gasteiger partial charge in [-0.15, -0.1) is 11.3 Å². The molecule has 0 N–H and O–H groups in total. The molecule has 4 rings (SSSR count). The number of hydrogen-bond donors (Lipinski definition) is 0. The molecule has 8 heteroatoms. The summed E-state index contributed by atoms with van der Waals surface area (Å²) >= 11 is 1.51. The molecule has 3 aromatic rings. The van der Waals surface area contributed by atoms with Crippen molar-refractivity contribution in [3.63, 3.8) is 0 Å². The van der Waals surface area contributed by atoms with E-state index in [9.17, 15) is 9.59 Å². The lowest BCUT2D eigenvalue weighted by Crippen LogP contribution is -2.52. The van der Waals surface area contributed by atoms with Crippen LogP contribution >= 0.6 is 11.3 Å². The van der Waals surface area contributed by atoms with Gasteiger partial charge in [0.2, 0.25) is 5.91 Å². The van der Waals surface area contributed by atoms with Crippen molar-refractivity contribution in [3.05, 3.63) is 71.5 Å². The molecule has 0 bridgehead atoms. The summed E-state index contributed by atoms with van der Waals surface area (Å²) < 4.78 is 5.59. The number of piperidine rings is 1. The lowest BCUT2D eigenvalue weighted by atomic mass is 10.0. The Kier molecular flexibility index (Phi) is 7.80. The van der Waals surface area contributed by atoms with Gasteiger partial charge in [-0.3, -0.25) is 9.78 Å². The van der Waals surface area contributed by atoms with E-state index in [-0.39, 0.29) is 24.5 Å². The standard InChI is InChI=1S/C27H32N4O3S/c1-27(2,3)34-26(33)30-14-8-12-23(18-30)31(17-20-9-5-4-6-10-20)24(32)15-22-19-35-25(29-22)21-11-7-13-28-16-21/h4-7,9-11,13,16,19,23H,8,12,14-15,17-18H2,1-3H3. The van der Waals surface area contributed by atoms with Crippen molar-refractivity contribution in [1.29, 1.82) is 0 Å². The smallest absolute Gasteiger partial charge is 0.410 e. The molecule has 1 aromatic carbocycles. The molecule has 1 aliphatic heterocycles. The maximum atomic E-state index is 13.6. The average molecular weight is 493 g/mol. The van der Waals surface area contributed by atoms with Gasteiger partial charge in [0, 0.05) is 49.0 Å². The minimum Gasteiger partial charge on any atom is -0.444 e. The summed E-state index contributed by atoms with van der Waals surface area (Å²) in [5, 5.41) is 2.79. The molecule has 35 heavy (non-hydrogen) atoms. The van der Waals surface area contributed by atoms with E-state index in [1.807, 2.05) is 73.5 Å². The number of pyridine rings is 1. The van der Waals surface area contributed by atoms with E-state index < -0.39 is 5.60 Å². The van der Waals surface area contributed by atoms with E-state index in [1.54, 1.807) is 17.3 Å². The van der Waals surface area contributed by atoms with Gasteiger partial charge in [0.1, 0.15) is 10.6 Å². The van der Waals surface area contributed by atoms with Crippen molar-refractivity contribution in [2.75, 3.05) is 13.1 Å². The predicted octanol–water partition coefficient (Wildman–Crippen LogP) is 5.18. The van der Waals surface area contributed by atoms with E-state index in [0.29, 0.717) is 19.6 Å². The van der Waals surface area contributed by atoms with Gasteiger partial charge in [-0.1, -0.05) is 30.3 Å². The molecule has 3 heterocycles. The van der Waals surface area contributed by atoms with Gasteiger partial charge in [-0.05, 0) is 51.3 Å². The topological polar surface area (TPSA) is 75.6 Å². The number of carbonyl (C=O) groups excluding carboxylic acids is 2. The van der Waals surface area contributed by atoms with Gasteiger partial charge in [-0.25, -0.2) is 9.78 Å². The number of benzene rings is 1. The minimum absolute atomic E-state index is 0.00734. The third kappa shape index (κ3) is 6.88. The fraction of sp³-hybridized carbons (Fsp3) is 0.407. The Morgan fingerprint density at radius 1 is 1.17 bits per heavy atom. The zero-order chi connectivity index (χ0) is 24.8. The summed E-state index contributed by atoms with van der Waals surface area (Å²) in [6, 6.07) is 13.7. The molecule has 0 aliphatic carbocycles. The van der Waals surface area contributed by atoms with E-state index >= 15 is 0 Å². The number of hydrogen-bond acceptors (Lipinski definition) is 6. The third-order valence-corrected chi connectivity index (χ3v) is 6.74. The second kappa shape index (κ2) is 11.0. The Morgan fingerprint density at radius 3 is 2.69 bits per heavy atom. The number of nitrogens with zero attached hydrogens (tertiary/aromatic N) is 4. The number of rotatable bonds is 6. The van der Waals surface area contributed by atoms with Crippen LogP contribution in [0.25, 0.3) is 10.6 Å². The highest BCUT2D eigenvalue weighted by atomic mass is 32.1. The van der Waals surface area contributed by atoms with Crippen molar-refractivity contribution >= 4 is 23.3 Å². The van der Waals surface area contributed by atoms with Crippen LogP contribution in [-0.2, 0) is 22.5 Å². The first-order valence-corrected chi connectivity index (χ1v) is 12.8. The highest BCUT2D eigenvalue weighted by Crippen LogP contribution is 2.25. The molecule has 1 aliphatic rings. The number of likely N-dealkylation sites (tertiary alicyclic amines) is 1. The molecule has 0 spiro atoms. The van der Waals surface area contributed by atoms with Crippen molar-refractivity contribution in [2.24, 2.45) is 0 Å². The van der Waals surface area contributed by atoms with Gasteiger partial charge in [0.25, 0.3) is 0 Å². The van der Waals surface area contributed by atoms with Gasteiger partial charge in [0.15, 0.2) is 0 Å². The molecule has 1 unspecified atom stereocenters. The van der Waals surface area contributed by atoms with Crippen LogP contribution in [0.5, 0.6) is 0 Å². The maximum Gasteiger partial charge on any atom is 0.410 e. The van der Waals surface area contributed by atoms with E-state index in [4.69, 9.17) is 4.74 Å². The van der Waals surface area contributed by atoms with Crippen LogP contribution in [0.2, 0.25) is 0 Å². The first kappa shape index (κ1) is 24.9. The van der Waals surface area contributed by atoms with Crippen LogP contribution < -0.4 is 0 Å². The summed E-state index contributed by atoms with van der Waals surface area (Å²) in [7, 11) is 0. The third-order valence-electron chi connectivity index (χ3n) is 5.80. The molecule has 184 valence electrons. The molecule has 1 fully saturated rings. The van der Waals surface area contributed by atoms with Crippen LogP contribution in [0.3, 0.4) is 0 Å². The highest BCUT2D eigenvalue weighted by Gasteiger charge is 2.33. The van der Waals surface area contributed by atoms with Gasteiger partial charge < -0.3 is 14.5 Å². The highest BCUT2D eigenvalue weighted by molar-refractivity contribution is 7.13. The minimum atomic E-state index is -0.555. The summed E-state index contributed by atoms with van der Waals surface area (Å²) in [5.41, 5.74) is 2.19. The summed E-state index contributed by atoms with van der Waals surface area (Å²) in [5.74, 6) is 0.00734. The van der Waals surface area contributed by atoms with Crippen molar-refractivity contribution in [1.82, 2.24) is 19.8 Å².